The minimum Gasteiger partial charge on any atom is -0.356 e. The first-order valence-corrected chi connectivity index (χ1v) is 6.49. The quantitative estimate of drug-likeness (QED) is 0.570. The molecule has 0 saturated heterocycles. The van der Waals surface area contributed by atoms with Gasteiger partial charge in [0.2, 0.25) is 5.91 Å². The molecule has 0 bridgehead atoms. The molecule has 0 atom stereocenters. The number of halogens is 3. The van der Waals surface area contributed by atoms with Crippen LogP contribution in [-0.2, 0) is 4.79 Å². The molecule has 0 aliphatic carbocycles. The van der Waals surface area contributed by atoms with Gasteiger partial charge in [0.15, 0.2) is 17.4 Å². The predicted molar refractivity (Wildman–Crippen MR) is 78.5 cm³/mol. The van der Waals surface area contributed by atoms with Crippen LogP contribution >= 0.6 is 12.4 Å². The van der Waals surface area contributed by atoms with Crippen molar-refractivity contribution in [2.24, 2.45) is 5.73 Å². The molecular formula is C14H19ClF2N2O2. The maximum Gasteiger partial charge on any atom is 0.220 e. The number of carbonyl (C=O) groups is 2. The van der Waals surface area contributed by atoms with Crippen LogP contribution in [-0.4, -0.2) is 24.8 Å². The van der Waals surface area contributed by atoms with Crippen molar-refractivity contribution in [2.45, 2.75) is 25.7 Å². The third kappa shape index (κ3) is 7.15. The second-order valence-corrected chi connectivity index (χ2v) is 4.40. The van der Waals surface area contributed by atoms with Gasteiger partial charge in [0.25, 0.3) is 0 Å². The number of nitrogens with two attached hydrogens (primary N) is 1. The van der Waals surface area contributed by atoms with Gasteiger partial charge in [0.05, 0.1) is 0 Å². The summed E-state index contributed by atoms with van der Waals surface area (Å²) in [4.78, 5) is 23.1. The Morgan fingerprint density at radius 3 is 2.43 bits per heavy atom. The van der Waals surface area contributed by atoms with Gasteiger partial charge in [-0.15, -0.1) is 12.4 Å². The van der Waals surface area contributed by atoms with Gasteiger partial charge in [0.1, 0.15) is 0 Å². The smallest absolute Gasteiger partial charge is 0.220 e. The molecule has 0 aromatic heterocycles. The number of carbonyl (C=O) groups excluding carboxylic acids is 2. The number of hydrogen-bond acceptors (Lipinski definition) is 3. The molecule has 118 valence electrons. The van der Waals surface area contributed by atoms with Gasteiger partial charge in [-0.2, -0.15) is 0 Å². The Bertz CT molecular complexity index is 484. The molecule has 1 aromatic rings. The number of hydrogen-bond donors (Lipinski definition) is 2. The summed E-state index contributed by atoms with van der Waals surface area (Å²) in [5.74, 6) is -2.69. The topological polar surface area (TPSA) is 72.2 Å². The number of rotatable bonds is 8. The Kier molecular flexibility index (Phi) is 9.49. The summed E-state index contributed by atoms with van der Waals surface area (Å²) in [5.41, 5.74) is 5.39. The average Bonchev–Trinajstić information content (AvgIpc) is 2.44. The number of nitrogens with one attached hydrogen (secondary N) is 1. The molecule has 0 radical (unpaired) electrons. The molecule has 4 nitrogen and oxygen atoms in total. The molecule has 0 saturated carbocycles. The first kappa shape index (κ1) is 19.5. The second kappa shape index (κ2) is 10.2. The number of Topliss-reactive ketones (excluding diaryl/α,β-unsaturated/α-hetero) is 1. The number of amides is 1. The van der Waals surface area contributed by atoms with E-state index < -0.39 is 11.6 Å². The van der Waals surface area contributed by atoms with Crippen LogP contribution < -0.4 is 11.1 Å². The van der Waals surface area contributed by atoms with Crippen molar-refractivity contribution in [3.8, 4) is 0 Å². The average molecular weight is 321 g/mol. The fraction of sp³-hybridized carbons (Fsp3) is 0.429. The van der Waals surface area contributed by atoms with Crippen molar-refractivity contribution >= 4 is 24.1 Å². The lowest BCUT2D eigenvalue weighted by atomic mass is 10.1. The highest BCUT2D eigenvalue weighted by molar-refractivity contribution is 5.97. The van der Waals surface area contributed by atoms with E-state index in [0.717, 1.165) is 25.0 Å². The lowest BCUT2D eigenvalue weighted by Crippen LogP contribution is -2.25. The molecule has 1 amide bonds. The standard InChI is InChI=1S/C14H18F2N2O2.ClH/c15-11-4-3-10(9-12(11)16)13(19)5-6-14(20)18-8-2-1-7-17;/h3-4,9H,1-2,5-8,17H2,(H,18,20);1H. The zero-order valence-corrected chi connectivity index (χ0v) is 12.3. The molecule has 3 N–H and O–H groups in total. The van der Waals surface area contributed by atoms with E-state index in [1.807, 2.05) is 0 Å². The Morgan fingerprint density at radius 2 is 1.81 bits per heavy atom. The Hall–Kier alpha value is -1.53. The van der Waals surface area contributed by atoms with Crippen LogP contribution in [0.4, 0.5) is 8.78 Å². The molecule has 0 aliphatic heterocycles. The van der Waals surface area contributed by atoms with Crippen LogP contribution in [0.15, 0.2) is 18.2 Å². The summed E-state index contributed by atoms with van der Waals surface area (Å²) in [7, 11) is 0. The van der Waals surface area contributed by atoms with E-state index in [1.165, 1.54) is 6.07 Å². The first-order valence-electron chi connectivity index (χ1n) is 6.49. The monoisotopic (exact) mass is 320 g/mol. The fourth-order valence-corrected chi connectivity index (χ4v) is 1.63. The molecule has 1 rings (SSSR count). The van der Waals surface area contributed by atoms with Gasteiger partial charge < -0.3 is 11.1 Å². The highest BCUT2D eigenvalue weighted by atomic mass is 35.5. The number of benzene rings is 1. The third-order valence-corrected chi connectivity index (χ3v) is 2.77. The number of ketones is 1. The van der Waals surface area contributed by atoms with Gasteiger partial charge in [-0.25, -0.2) is 8.78 Å². The number of unbranched alkanes of at least 4 members (excludes halogenated alkanes) is 1. The van der Waals surface area contributed by atoms with Crippen molar-refractivity contribution in [3.63, 3.8) is 0 Å². The Labute approximate surface area is 128 Å². The first-order chi connectivity index (χ1) is 9.54. The van der Waals surface area contributed by atoms with E-state index in [4.69, 9.17) is 5.73 Å². The molecule has 0 heterocycles. The van der Waals surface area contributed by atoms with Gasteiger partial charge in [-0.1, -0.05) is 0 Å². The van der Waals surface area contributed by atoms with Crippen LogP contribution in [0.2, 0.25) is 0 Å². The molecule has 0 fully saturated rings. The summed E-state index contributed by atoms with van der Waals surface area (Å²) in [5, 5.41) is 2.66. The van der Waals surface area contributed by atoms with Gasteiger partial charge in [0, 0.05) is 24.9 Å². The van der Waals surface area contributed by atoms with Crippen molar-refractivity contribution in [3.05, 3.63) is 35.4 Å². The highest BCUT2D eigenvalue weighted by Gasteiger charge is 2.11. The highest BCUT2D eigenvalue weighted by Crippen LogP contribution is 2.11. The molecule has 1 aromatic carbocycles. The lowest BCUT2D eigenvalue weighted by molar-refractivity contribution is -0.121. The molecule has 0 unspecified atom stereocenters. The van der Waals surface area contributed by atoms with Crippen molar-refractivity contribution in [1.82, 2.24) is 5.32 Å². The van der Waals surface area contributed by atoms with Gasteiger partial charge in [-0.05, 0) is 37.6 Å². The molecule has 0 spiro atoms. The molecule has 0 aliphatic rings. The minimum absolute atomic E-state index is 0. The summed E-state index contributed by atoms with van der Waals surface area (Å²) in [6.45, 7) is 1.10. The van der Waals surface area contributed by atoms with Crippen LogP contribution in [0.3, 0.4) is 0 Å². The largest absolute Gasteiger partial charge is 0.356 e. The second-order valence-electron chi connectivity index (χ2n) is 4.40. The maximum absolute atomic E-state index is 13.0. The van der Waals surface area contributed by atoms with Gasteiger partial charge >= 0.3 is 0 Å². The van der Waals surface area contributed by atoms with E-state index in [0.29, 0.717) is 13.1 Å². The van der Waals surface area contributed by atoms with Crippen LogP contribution in [0.5, 0.6) is 0 Å². The summed E-state index contributed by atoms with van der Waals surface area (Å²) in [6.07, 6.45) is 1.61. The summed E-state index contributed by atoms with van der Waals surface area (Å²) in [6, 6.07) is 2.95. The normalized spacial score (nSPS) is 9.86. The molecule has 21 heavy (non-hydrogen) atoms. The lowest BCUT2D eigenvalue weighted by Gasteiger charge is -2.04. The van der Waals surface area contributed by atoms with Gasteiger partial charge in [-0.3, -0.25) is 9.59 Å². The Morgan fingerprint density at radius 1 is 1.10 bits per heavy atom. The maximum atomic E-state index is 13.0. The summed E-state index contributed by atoms with van der Waals surface area (Å²) >= 11 is 0. The van der Waals surface area contributed by atoms with Crippen molar-refractivity contribution < 1.29 is 18.4 Å². The minimum atomic E-state index is -1.07. The third-order valence-electron chi connectivity index (χ3n) is 2.77. The zero-order chi connectivity index (χ0) is 15.0. The van der Waals surface area contributed by atoms with Crippen LogP contribution in [0, 0.1) is 11.6 Å². The van der Waals surface area contributed by atoms with E-state index in [2.05, 4.69) is 5.32 Å². The summed E-state index contributed by atoms with van der Waals surface area (Å²) < 4.78 is 25.7. The van der Waals surface area contributed by atoms with E-state index in [-0.39, 0.29) is 42.5 Å². The molecule has 7 heteroatoms. The van der Waals surface area contributed by atoms with E-state index >= 15 is 0 Å². The van der Waals surface area contributed by atoms with E-state index in [9.17, 15) is 18.4 Å². The zero-order valence-electron chi connectivity index (χ0n) is 11.5. The van der Waals surface area contributed by atoms with Crippen molar-refractivity contribution in [1.29, 1.82) is 0 Å². The van der Waals surface area contributed by atoms with Crippen LogP contribution in [0.25, 0.3) is 0 Å². The predicted octanol–water partition coefficient (Wildman–Crippen LogP) is 2.20. The SMILES string of the molecule is Cl.NCCCCNC(=O)CCC(=O)c1ccc(F)c(F)c1. The molecular weight excluding hydrogens is 302 g/mol. The van der Waals surface area contributed by atoms with Crippen LogP contribution in [0.1, 0.15) is 36.0 Å². The van der Waals surface area contributed by atoms with Crippen molar-refractivity contribution in [2.75, 3.05) is 13.1 Å². The fourth-order valence-electron chi connectivity index (χ4n) is 1.63. The Balaban J connectivity index is 0.00000400. The van der Waals surface area contributed by atoms with E-state index in [1.54, 1.807) is 0 Å².